The Morgan fingerprint density at radius 3 is 1.79 bits per heavy atom. The molecule has 2 nitrogen and oxygen atoms in total. The lowest BCUT2D eigenvalue weighted by molar-refractivity contribution is 0.0785. The van der Waals surface area contributed by atoms with Gasteiger partial charge in [0.05, 0.1) is 5.60 Å². The van der Waals surface area contributed by atoms with Crippen LogP contribution in [0.25, 0.3) is 0 Å². The molecule has 0 aromatic heterocycles. The third-order valence-electron chi connectivity index (χ3n) is 3.66. The fraction of sp³-hybridized carbons (Fsp3) is 0.412. The van der Waals surface area contributed by atoms with Gasteiger partial charge >= 0.3 is 0 Å². The monoisotopic (exact) mass is 259 g/mol. The van der Waals surface area contributed by atoms with E-state index in [1.165, 1.54) is 5.56 Å². The average Bonchev–Trinajstić information content (AvgIpc) is 2.37. The van der Waals surface area contributed by atoms with Crippen LogP contribution in [-0.2, 0) is 11.0 Å². The first-order valence-electron chi connectivity index (χ1n) is 6.65. The molecule has 0 amide bonds. The SMILES string of the molecule is C=CCC(CN)(CC=C)c1ccc(C(C)(C)O)cc1. The molecule has 0 radical (unpaired) electrons. The summed E-state index contributed by atoms with van der Waals surface area (Å²) in [6, 6.07) is 8.03. The summed E-state index contributed by atoms with van der Waals surface area (Å²) in [6.45, 7) is 11.8. The van der Waals surface area contributed by atoms with E-state index >= 15 is 0 Å². The maximum atomic E-state index is 9.99. The first kappa shape index (κ1) is 15.7. The number of allylic oxidation sites excluding steroid dienone is 2. The molecule has 2 heteroatoms. The molecular formula is C17H25NO. The van der Waals surface area contributed by atoms with Crippen LogP contribution in [0.2, 0.25) is 0 Å². The highest BCUT2D eigenvalue weighted by molar-refractivity contribution is 5.33. The maximum absolute atomic E-state index is 9.99. The summed E-state index contributed by atoms with van der Waals surface area (Å²) in [4.78, 5) is 0. The molecule has 0 unspecified atom stereocenters. The molecule has 0 saturated heterocycles. The molecule has 0 atom stereocenters. The number of nitrogens with two attached hydrogens (primary N) is 1. The zero-order valence-electron chi connectivity index (χ0n) is 12.0. The van der Waals surface area contributed by atoms with Crippen LogP contribution >= 0.6 is 0 Å². The van der Waals surface area contributed by atoms with E-state index in [-0.39, 0.29) is 5.41 Å². The van der Waals surface area contributed by atoms with Gasteiger partial charge in [-0.1, -0.05) is 36.4 Å². The van der Waals surface area contributed by atoms with Crippen molar-refractivity contribution in [3.63, 3.8) is 0 Å². The maximum Gasteiger partial charge on any atom is 0.0840 e. The molecule has 1 rings (SSSR count). The van der Waals surface area contributed by atoms with Crippen LogP contribution in [0.1, 0.15) is 37.8 Å². The molecule has 0 heterocycles. The Labute approximate surface area is 116 Å². The average molecular weight is 259 g/mol. The zero-order chi connectivity index (χ0) is 14.5. The van der Waals surface area contributed by atoms with Crippen molar-refractivity contribution in [2.75, 3.05) is 6.54 Å². The highest BCUT2D eigenvalue weighted by atomic mass is 16.3. The van der Waals surface area contributed by atoms with Crippen LogP contribution in [0, 0.1) is 0 Å². The van der Waals surface area contributed by atoms with Crippen LogP contribution in [-0.4, -0.2) is 11.7 Å². The van der Waals surface area contributed by atoms with E-state index in [2.05, 4.69) is 13.2 Å². The van der Waals surface area contributed by atoms with Gasteiger partial charge in [-0.15, -0.1) is 13.2 Å². The summed E-state index contributed by atoms with van der Waals surface area (Å²) in [7, 11) is 0. The Morgan fingerprint density at radius 1 is 1.05 bits per heavy atom. The smallest absolute Gasteiger partial charge is 0.0840 e. The van der Waals surface area contributed by atoms with Crippen molar-refractivity contribution in [3.05, 3.63) is 60.7 Å². The summed E-state index contributed by atoms with van der Waals surface area (Å²) in [5.74, 6) is 0. The van der Waals surface area contributed by atoms with Crippen LogP contribution < -0.4 is 5.73 Å². The Morgan fingerprint density at radius 2 is 1.47 bits per heavy atom. The minimum absolute atomic E-state index is 0.137. The van der Waals surface area contributed by atoms with Gasteiger partial charge in [-0.25, -0.2) is 0 Å². The number of rotatable bonds is 7. The van der Waals surface area contributed by atoms with Crippen molar-refractivity contribution in [2.45, 2.75) is 37.7 Å². The Hall–Kier alpha value is -1.38. The highest BCUT2D eigenvalue weighted by Crippen LogP contribution is 2.33. The molecule has 1 aromatic carbocycles. The van der Waals surface area contributed by atoms with Crippen molar-refractivity contribution in [1.82, 2.24) is 0 Å². The second kappa shape index (κ2) is 6.18. The van der Waals surface area contributed by atoms with Gasteiger partial charge in [0, 0.05) is 12.0 Å². The lowest BCUT2D eigenvalue weighted by atomic mass is 9.74. The third-order valence-corrected chi connectivity index (χ3v) is 3.66. The van der Waals surface area contributed by atoms with Gasteiger partial charge in [-0.05, 0) is 37.8 Å². The fourth-order valence-electron chi connectivity index (χ4n) is 2.39. The largest absolute Gasteiger partial charge is 0.386 e. The Kier molecular flexibility index (Phi) is 5.10. The minimum Gasteiger partial charge on any atom is -0.386 e. The van der Waals surface area contributed by atoms with Gasteiger partial charge in [0.15, 0.2) is 0 Å². The Balaban J connectivity index is 3.16. The van der Waals surface area contributed by atoms with Crippen molar-refractivity contribution in [2.24, 2.45) is 5.73 Å². The minimum atomic E-state index is -0.819. The van der Waals surface area contributed by atoms with Crippen molar-refractivity contribution in [1.29, 1.82) is 0 Å². The molecule has 0 aliphatic carbocycles. The topological polar surface area (TPSA) is 46.2 Å². The molecule has 0 saturated carbocycles. The Bertz CT molecular complexity index is 416. The van der Waals surface area contributed by atoms with E-state index in [1.807, 2.05) is 36.4 Å². The van der Waals surface area contributed by atoms with Crippen molar-refractivity contribution in [3.8, 4) is 0 Å². The van der Waals surface area contributed by atoms with Crippen molar-refractivity contribution < 1.29 is 5.11 Å². The van der Waals surface area contributed by atoms with Crippen LogP contribution in [0.15, 0.2) is 49.6 Å². The van der Waals surface area contributed by atoms with Gasteiger partial charge in [0.25, 0.3) is 0 Å². The summed E-state index contributed by atoms with van der Waals surface area (Å²) in [5.41, 5.74) is 7.11. The van der Waals surface area contributed by atoms with E-state index in [9.17, 15) is 5.11 Å². The molecule has 0 bridgehead atoms. The van der Waals surface area contributed by atoms with Gasteiger partial charge < -0.3 is 10.8 Å². The number of hydrogen-bond donors (Lipinski definition) is 2. The van der Waals surface area contributed by atoms with Gasteiger partial charge in [0.2, 0.25) is 0 Å². The van der Waals surface area contributed by atoms with E-state index < -0.39 is 5.60 Å². The second-order valence-electron chi connectivity index (χ2n) is 5.61. The van der Waals surface area contributed by atoms with E-state index in [4.69, 9.17) is 5.73 Å². The highest BCUT2D eigenvalue weighted by Gasteiger charge is 2.28. The predicted molar refractivity (Wildman–Crippen MR) is 82.0 cm³/mol. The van der Waals surface area contributed by atoms with E-state index in [0.29, 0.717) is 6.54 Å². The summed E-state index contributed by atoms with van der Waals surface area (Å²) in [6.07, 6.45) is 5.44. The summed E-state index contributed by atoms with van der Waals surface area (Å²) in [5, 5.41) is 9.99. The first-order chi connectivity index (χ1) is 8.89. The molecule has 19 heavy (non-hydrogen) atoms. The predicted octanol–water partition coefficient (Wildman–Crippen LogP) is 3.26. The molecule has 0 aliphatic heterocycles. The van der Waals surface area contributed by atoms with Gasteiger partial charge in [0.1, 0.15) is 0 Å². The third kappa shape index (κ3) is 3.55. The van der Waals surface area contributed by atoms with Gasteiger partial charge in [-0.2, -0.15) is 0 Å². The second-order valence-corrected chi connectivity index (χ2v) is 5.61. The summed E-state index contributed by atoms with van der Waals surface area (Å²) >= 11 is 0. The van der Waals surface area contributed by atoms with Gasteiger partial charge in [-0.3, -0.25) is 0 Å². The number of hydrogen-bond acceptors (Lipinski definition) is 2. The van der Waals surface area contributed by atoms with Crippen molar-refractivity contribution >= 4 is 0 Å². The first-order valence-corrected chi connectivity index (χ1v) is 6.65. The lowest BCUT2D eigenvalue weighted by Crippen LogP contribution is -2.34. The van der Waals surface area contributed by atoms with Crippen LogP contribution in [0.3, 0.4) is 0 Å². The zero-order valence-corrected chi connectivity index (χ0v) is 12.0. The molecule has 3 N–H and O–H groups in total. The van der Waals surface area contributed by atoms with E-state index in [1.54, 1.807) is 13.8 Å². The quantitative estimate of drug-likeness (QED) is 0.738. The summed E-state index contributed by atoms with van der Waals surface area (Å²) < 4.78 is 0. The molecule has 0 aliphatic rings. The molecule has 0 spiro atoms. The lowest BCUT2D eigenvalue weighted by Gasteiger charge is -2.32. The fourth-order valence-corrected chi connectivity index (χ4v) is 2.39. The van der Waals surface area contributed by atoms with Crippen LogP contribution in [0.5, 0.6) is 0 Å². The van der Waals surface area contributed by atoms with Crippen LogP contribution in [0.4, 0.5) is 0 Å². The van der Waals surface area contributed by atoms with E-state index in [0.717, 1.165) is 18.4 Å². The molecule has 0 fully saturated rings. The molecular weight excluding hydrogens is 234 g/mol. The number of benzene rings is 1. The normalized spacial score (nSPS) is 12.2. The standard InChI is InChI=1S/C17H25NO/c1-5-11-17(13-18,12-6-2)15-9-7-14(8-10-15)16(3,4)19/h5-10,19H,1-2,11-13,18H2,3-4H3. The number of aliphatic hydroxyl groups is 1. The molecule has 1 aromatic rings. The molecule has 104 valence electrons.